The van der Waals surface area contributed by atoms with Gasteiger partial charge in [0.25, 0.3) is 0 Å². The van der Waals surface area contributed by atoms with Gasteiger partial charge in [0.2, 0.25) is 0 Å². The summed E-state index contributed by atoms with van der Waals surface area (Å²) in [5.41, 5.74) is 5.33. The molecular formula is C17H23N. The van der Waals surface area contributed by atoms with E-state index in [0.29, 0.717) is 0 Å². The molecule has 0 unspecified atom stereocenters. The van der Waals surface area contributed by atoms with Crippen LogP contribution in [0.4, 0.5) is 0 Å². The number of aryl methyl sites for hydroxylation is 1. The maximum atomic E-state index is 9.30. The molecule has 0 saturated heterocycles. The number of fused-ring (bicyclic) bond motifs is 1. The number of rotatable bonds is 1. The van der Waals surface area contributed by atoms with Gasteiger partial charge in [-0.05, 0) is 52.8 Å². The Bertz CT molecular complexity index is 515. The maximum Gasteiger partial charge on any atom is 0.0994 e. The lowest BCUT2D eigenvalue weighted by atomic mass is 9.62. The standard InChI is InChI=1S/C17H23N/c1-6-12-9-14-15(10-13(12)11-18)17(4,5)8-7-16(14,2)3/h9-10H,6-8H2,1-5H3. The van der Waals surface area contributed by atoms with Gasteiger partial charge in [-0.1, -0.05) is 40.7 Å². The average molecular weight is 241 g/mol. The van der Waals surface area contributed by atoms with Crippen molar-refractivity contribution in [3.05, 3.63) is 34.4 Å². The third-order valence-corrected chi connectivity index (χ3v) is 4.58. The minimum Gasteiger partial charge on any atom is -0.192 e. The van der Waals surface area contributed by atoms with E-state index in [4.69, 9.17) is 0 Å². The highest BCUT2D eigenvalue weighted by molar-refractivity contribution is 5.51. The van der Waals surface area contributed by atoms with Gasteiger partial charge >= 0.3 is 0 Å². The number of benzene rings is 1. The van der Waals surface area contributed by atoms with Gasteiger partial charge in [0.05, 0.1) is 11.6 Å². The van der Waals surface area contributed by atoms with Gasteiger partial charge < -0.3 is 0 Å². The van der Waals surface area contributed by atoms with Crippen molar-refractivity contribution in [3.8, 4) is 6.07 Å². The number of hydrogen-bond acceptors (Lipinski definition) is 1. The zero-order chi connectivity index (χ0) is 13.6. The lowest BCUT2D eigenvalue weighted by Gasteiger charge is -2.42. The lowest BCUT2D eigenvalue weighted by Crippen LogP contribution is -2.34. The fourth-order valence-electron chi connectivity index (χ4n) is 3.06. The van der Waals surface area contributed by atoms with Crippen LogP contribution < -0.4 is 0 Å². The Labute approximate surface area is 111 Å². The van der Waals surface area contributed by atoms with Crippen LogP contribution in [0.15, 0.2) is 12.1 Å². The van der Waals surface area contributed by atoms with E-state index < -0.39 is 0 Å². The van der Waals surface area contributed by atoms with Gasteiger partial charge in [0.15, 0.2) is 0 Å². The van der Waals surface area contributed by atoms with Crippen molar-refractivity contribution >= 4 is 0 Å². The highest BCUT2D eigenvalue weighted by Crippen LogP contribution is 2.46. The lowest BCUT2D eigenvalue weighted by molar-refractivity contribution is 0.331. The molecule has 96 valence electrons. The third kappa shape index (κ3) is 1.94. The van der Waals surface area contributed by atoms with Crippen LogP contribution in [0.2, 0.25) is 0 Å². The summed E-state index contributed by atoms with van der Waals surface area (Å²) >= 11 is 0. The first-order chi connectivity index (χ1) is 8.31. The quantitative estimate of drug-likeness (QED) is 0.711. The van der Waals surface area contributed by atoms with Crippen LogP contribution >= 0.6 is 0 Å². The van der Waals surface area contributed by atoms with Gasteiger partial charge in [0, 0.05) is 0 Å². The molecule has 0 radical (unpaired) electrons. The smallest absolute Gasteiger partial charge is 0.0994 e. The molecule has 0 aliphatic heterocycles. The minimum absolute atomic E-state index is 0.197. The van der Waals surface area contributed by atoms with Crippen molar-refractivity contribution in [2.75, 3.05) is 0 Å². The number of nitrogens with zero attached hydrogens (tertiary/aromatic N) is 1. The molecule has 2 rings (SSSR count). The highest BCUT2D eigenvalue weighted by atomic mass is 14.4. The zero-order valence-corrected chi connectivity index (χ0v) is 12.2. The molecule has 0 amide bonds. The normalized spacial score (nSPS) is 20.0. The summed E-state index contributed by atoms with van der Waals surface area (Å²) in [5, 5.41) is 9.30. The third-order valence-electron chi connectivity index (χ3n) is 4.58. The van der Waals surface area contributed by atoms with E-state index in [1.165, 1.54) is 29.5 Å². The summed E-state index contributed by atoms with van der Waals surface area (Å²) in [6, 6.07) is 6.80. The van der Waals surface area contributed by atoms with Crippen LogP contribution in [0.25, 0.3) is 0 Å². The first-order valence-corrected chi connectivity index (χ1v) is 6.90. The summed E-state index contributed by atoms with van der Waals surface area (Å²) < 4.78 is 0. The van der Waals surface area contributed by atoms with Gasteiger partial charge in [-0.15, -0.1) is 0 Å². The van der Waals surface area contributed by atoms with Crippen LogP contribution in [-0.4, -0.2) is 0 Å². The summed E-state index contributed by atoms with van der Waals surface area (Å²) in [6.45, 7) is 11.4. The van der Waals surface area contributed by atoms with E-state index in [-0.39, 0.29) is 10.8 Å². The second kappa shape index (κ2) is 4.12. The summed E-state index contributed by atoms with van der Waals surface area (Å²) in [7, 11) is 0. The van der Waals surface area contributed by atoms with E-state index in [0.717, 1.165) is 12.0 Å². The fraction of sp³-hybridized carbons (Fsp3) is 0.588. The largest absolute Gasteiger partial charge is 0.192 e. The second-order valence-corrected chi connectivity index (χ2v) is 6.79. The Hall–Kier alpha value is -1.29. The molecule has 18 heavy (non-hydrogen) atoms. The monoisotopic (exact) mass is 241 g/mol. The molecule has 0 saturated carbocycles. The molecule has 1 heteroatoms. The molecular weight excluding hydrogens is 218 g/mol. The molecule has 1 aliphatic carbocycles. The van der Waals surface area contributed by atoms with E-state index >= 15 is 0 Å². The molecule has 1 aromatic rings. The van der Waals surface area contributed by atoms with E-state index in [9.17, 15) is 5.26 Å². The molecule has 0 aromatic heterocycles. The van der Waals surface area contributed by atoms with Crippen molar-refractivity contribution < 1.29 is 0 Å². The molecule has 0 N–H and O–H groups in total. The second-order valence-electron chi connectivity index (χ2n) is 6.79. The van der Waals surface area contributed by atoms with Crippen LogP contribution in [-0.2, 0) is 17.3 Å². The Morgan fingerprint density at radius 2 is 1.56 bits per heavy atom. The summed E-state index contributed by atoms with van der Waals surface area (Å²) in [5.74, 6) is 0. The molecule has 0 atom stereocenters. The molecule has 0 bridgehead atoms. The van der Waals surface area contributed by atoms with Crippen LogP contribution in [0.3, 0.4) is 0 Å². The van der Waals surface area contributed by atoms with E-state index in [1.54, 1.807) is 0 Å². The first-order valence-electron chi connectivity index (χ1n) is 6.90. The number of hydrogen-bond donors (Lipinski definition) is 0. The van der Waals surface area contributed by atoms with Crippen LogP contribution in [0.5, 0.6) is 0 Å². The Morgan fingerprint density at radius 3 is 2.00 bits per heavy atom. The van der Waals surface area contributed by atoms with Crippen LogP contribution in [0, 0.1) is 11.3 Å². The number of nitriles is 1. The van der Waals surface area contributed by atoms with Crippen molar-refractivity contribution in [1.82, 2.24) is 0 Å². The van der Waals surface area contributed by atoms with Crippen molar-refractivity contribution in [3.63, 3.8) is 0 Å². The van der Waals surface area contributed by atoms with Crippen molar-refractivity contribution in [2.24, 2.45) is 0 Å². The van der Waals surface area contributed by atoms with E-state index in [1.807, 2.05) is 0 Å². The Morgan fingerprint density at radius 1 is 1.06 bits per heavy atom. The molecule has 1 aliphatic rings. The predicted molar refractivity (Wildman–Crippen MR) is 75.8 cm³/mol. The van der Waals surface area contributed by atoms with E-state index in [2.05, 4.69) is 52.8 Å². The van der Waals surface area contributed by atoms with Gasteiger partial charge in [0.1, 0.15) is 0 Å². The SMILES string of the molecule is CCc1cc2c(cc1C#N)C(C)(C)CCC2(C)C. The van der Waals surface area contributed by atoms with Gasteiger partial charge in [-0.2, -0.15) is 5.26 Å². The molecule has 1 aromatic carbocycles. The van der Waals surface area contributed by atoms with Gasteiger partial charge in [-0.3, -0.25) is 0 Å². The zero-order valence-electron chi connectivity index (χ0n) is 12.2. The first kappa shape index (κ1) is 13.1. The predicted octanol–water partition coefficient (Wildman–Crippen LogP) is 4.47. The highest BCUT2D eigenvalue weighted by Gasteiger charge is 2.37. The molecule has 1 nitrogen and oxygen atoms in total. The maximum absolute atomic E-state index is 9.30. The molecule has 0 heterocycles. The Balaban J connectivity index is 2.73. The van der Waals surface area contributed by atoms with Crippen molar-refractivity contribution in [2.45, 2.75) is 64.7 Å². The topological polar surface area (TPSA) is 23.8 Å². The fourth-order valence-corrected chi connectivity index (χ4v) is 3.06. The van der Waals surface area contributed by atoms with Crippen LogP contribution in [0.1, 0.15) is 69.7 Å². The molecule has 0 fully saturated rings. The summed E-state index contributed by atoms with van der Waals surface area (Å²) in [4.78, 5) is 0. The average Bonchev–Trinajstić information content (AvgIpc) is 2.33. The summed E-state index contributed by atoms with van der Waals surface area (Å²) in [6.07, 6.45) is 3.36. The van der Waals surface area contributed by atoms with Gasteiger partial charge in [-0.25, -0.2) is 0 Å². The Kier molecular flexibility index (Phi) is 3.01. The molecule has 0 spiro atoms. The van der Waals surface area contributed by atoms with Crippen molar-refractivity contribution in [1.29, 1.82) is 5.26 Å². The minimum atomic E-state index is 0.197.